The molecule has 2 N–H and O–H groups in total. The van der Waals surface area contributed by atoms with Gasteiger partial charge in [-0.3, -0.25) is 4.79 Å². The van der Waals surface area contributed by atoms with E-state index >= 15 is 0 Å². The number of carbonyl (C=O) groups excluding carboxylic acids is 1. The van der Waals surface area contributed by atoms with E-state index in [4.69, 9.17) is 0 Å². The predicted octanol–water partition coefficient (Wildman–Crippen LogP) is 2.16. The highest BCUT2D eigenvalue weighted by atomic mass is 16.2. The van der Waals surface area contributed by atoms with Gasteiger partial charge >= 0.3 is 0 Å². The van der Waals surface area contributed by atoms with Crippen LogP contribution in [0.4, 0.5) is 5.95 Å². The van der Waals surface area contributed by atoms with Gasteiger partial charge in [0.25, 0.3) is 0 Å². The Hall–Kier alpha value is -2.96. The fraction of sp³-hybridized carbons (Fsp3) is 0.400. The Morgan fingerprint density at radius 2 is 2.07 bits per heavy atom. The van der Waals surface area contributed by atoms with E-state index in [-0.39, 0.29) is 23.8 Å². The zero-order valence-corrected chi connectivity index (χ0v) is 15.2. The van der Waals surface area contributed by atoms with E-state index in [0.29, 0.717) is 0 Å². The Morgan fingerprint density at radius 3 is 2.89 bits per heavy atom. The molecule has 1 aromatic carbocycles. The maximum absolute atomic E-state index is 12.6. The van der Waals surface area contributed by atoms with Crippen molar-refractivity contribution in [3.63, 3.8) is 0 Å². The number of hydrogen-bond acceptors (Lipinski definition) is 5. The van der Waals surface area contributed by atoms with Gasteiger partial charge < -0.3 is 15.2 Å². The number of imidazole rings is 1. The molecule has 0 bridgehead atoms. The predicted molar refractivity (Wildman–Crippen MR) is 102 cm³/mol. The lowest BCUT2D eigenvalue weighted by Crippen LogP contribution is -2.38. The summed E-state index contributed by atoms with van der Waals surface area (Å²) in [5, 5.41) is 3.21. The molecule has 1 saturated heterocycles. The number of aromatic nitrogens is 4. The van der Waals surface area contributed by atoms with Gasteiger partial charge in [-0.25, -0.2) is 15.0 Å². The van der Waals surface area contributed by atoms with Crippen LogP contribution in [0.1, 0.15) is 30.1 Å². The van der Waals surface area contributed by atoms with E-state index in [9.17, 15) is 4.79 Å². The van der Waals surface area contributed by atoms with Gasteiger partial charge in [0.15, 0.2) is 0 Å². The fourth-order valence-electron chi connectivity index (χ4n) is 3.85. The molecule has 7 heteroatoms. The second-order valence-corrected chi connectivity index (χ2v) is 7.59. The van der Waals surface area contributed by atoms with Crippen LogP contribution in [0.5, 0.6) is 0 Å². The normalized spacial score (nSPS) is 24.3. The van der Waals surface area contributed by atoms with Gasteiger partial charge in [0.1, 0.15) is 5.82 Å². The molecule has 1 saturated carbocycles. The lowest BCUT2D eigenvalue weighted by molar-refractivity contribution is -0.123. The second-order valence-electron chi connectivity index (χ2n) is 7.59. The number of anilines is 1. The van der Waals surface area contributed by atoms with Gasteiger partial charge in [0.2, 0.25) is 11.9 Å². The number of hydrogen-bond donors (Lipinski definition) is 2. The van der Waals surface area contributed by atoms with Crippen molar-refractivity contribution in [3.05, 3.63) is 48.0 Å². The number of rotatable bonds is 4. The van der Waals surface area contributed by atoms with Crippen LogP contribution in [0.3, 0.4) is 0 Å². The van der Waals surface area contributed by atoms with E-state index < -0.39 is 0 Å². The Morgan fingerprint density at radius 1 is 1.26 bits per heavy atom. The van der Waals surface area contributed by atoms with Crippen molar-refractivity contribution in [3.8, 4) is 0 Å². The number of nitrogens with one attached hydrogen (secondary N) is 2. The van der Waals surface area contributed by atoms with E-state index in [1.807, 2.05) is 43.6 Å². The summed E-state index contributed by atoms with van der Waals surface area (Å²) in [5.41, 5.74) is 3.04. The maximum Gasteiger partial charge on any atom is 0.225 e. The SMILES string of the molecule is Cc1cnc(N2CC[C@@H](NC(=O)[C@H]3C[C@@H]3c3nc4ccccc4[nH]3)C2)nc1. The number of H-pyrrole nitrogens is 1. The average Bonchev–Trinajstić information content (AvgIpc) is 3.15. The molecule has 0 radical (unpaired) electrons. The minimum atomic E-state index is 0.0234. The third kappa shape index (κ3) is 3.13. The number of aryl methyl sites for hydroxylation is 1. The van der Waals surface area contributed by atoms with Crippen LogP contribution in [0, 0.1) is 12.8 Å². The number of nitrogens with zero attached hydrogens (tertiary/aromatic N) is 4. The first-order valence-electron chi connectivity index (χ1n) is 9.46. The summed E-state index contributed by atoms with van der Waals surface area (Å²) in [6, 6.07) is 8.13. The molecular weight excluding hydrogens is 340 g/mol. The number of aromatic amines is 1. The summed E-state index contributed by atoms with van der Waals surface area (Å²) >= 11 is 0. The van der Waals surface area contributed by atoms with Crippen molar-refractivity contribution in [2.24, 2.45) is 5.92 Å². The molecule has 3 atom stereocenters. The molecule has 1 amide bonds. The van der Waals surface area contributed by atoms with Crippen molar-refractivity contribution in [1.29, 1.82) is 0 Å². The second kappa shape index (κ2) is 6.33. The highest BCUT2D eigenvalue weighted by molar-refractivity contribution is 5.83. The Bertz CT molecular complexity index is 949. The van der Waals surface area contributed by atoms with Crippen LogP contribution in [0.25, 0.3) is 11.0 Å². The van der Waals surface area contributed by atoms with E-state index in [1.165, 1.54) is 0 Å². The topological polar surface area (TPSA) is 86.8 Å². The fourth-order valence-corrected chi connectivity index (χ4v) is 3.85. The molecule has 2 aliphatic rings. The van der Waals surface area contributed by atoms with Crippen molar-refractivity contribution in [1.82, 2.24) is 25.3 Å². The van der Waals surface area contributed by atoms with Crippen LogP contribution in [0.15, 0.2) is 36.7 Å². The van der Waals surface area contributed by atoms with Crippen molar-refractivity contribution in [2.75, 3.05) is 18.0 Å². The van der Waals surface area contributed by atoms with Crippen molar-refractivity contribution in [2.45, 2.75) is 31.7 Å². The molecule has 2 aromatic heterocycles. The van der Waals surface area contributed by atoms with Gasteiger partial charge in [-0.15, -0.1) is 0 Å². The summed E-state index contributed by atoms with van der Waals surface area (Å²) in [6.07, 6.45) is 5.45. The highest BCUT2D eigenvalue weighted by Crippen LogP contribution is 2.46. The zero-order chi connectivity index (χ0) is 18.4. The average molecular weight is 362 g/mol. The molecule has 1 aliphatic carbocycles. The summed E-state index contributed by atoms with van der Waals surface area (Å²) < 4.78 is 0. The molecule has 5 rings (SSSR count). The third-order valence-electron chi connectivity index (χ3n) is 5.47. The quantitative estimate of drug-likeness (QED) is 0.743. The number of amides is 1. The smallest absolute Gasteiger partial charge is 0.225 e. The molecule has 0 unspecified atom stereocenters. The van der Waals surface area contributed by atoms with E-state index in [0.717, 1.165) is 54.3 Å². The summed E-state index contributed by atoms with van der Waals surface area (Å²) in [6.45, 7) is 3.60. The largest absolute Gasteiger partial charge is 0.351 e. The highest BCUT2D eigenvalue weighted by Gasteiger charge is 2.46. The lowest BCUT2D eigenvalue weighted by Gasteiger charge is -2.16. The van der Waals surface area contributed by atoms with Gasteiger partial charge in [-0.05, 0) is 37.5 Å². The van der Waals surface area contributed by atoms with Crippen LogP contribution in [0.2, 0.25) is 0 Å². The minimum Gasteiger partial charge on any atom is -0.351 e. The number of benzene rings is 1. The summed E-state index contributed by atoms with van der Waals surface area (Å²) in [5.74, 6) is 2.03. The van der Waals surface area contributed by atoms with Crippen molar-refractivity contribution >= 4 is 22.9 Å². The van der Waals surface area contributed by atoms with Gasteiger partial charge in [0, 0.05) is 43.4 Å². The number of carbonyl (C=O) groups is 1. The molecular formula is C20H22N6O. The Kier molecular flexibility index (Phi) is 3.81. The molecule has 138 valence electrons. The molecule has 7 nitrogen and oxygen atoms in total. The van der Waals surface area contributed by atoms with Gasteiger partial charge in [0.05, 0.1) is 11.0 Å². The van der Waals surface area contributed by atoms with Crippen LogP contribution < -0.4 is 10.2 Å². The minimum absolute atomic E-state index is 0.0234. The summed E-state index contributed by atoms with van der Waals surface area (Å²) in [7, 11) is 0. The van der Waals surface area contributed by atoms with Crippen LogP contribution in [-0.2, 0) is 4.79 Å². The van der Waals surface area contributed by atoms with Crippen LogP contribution >= 0.6 is 0 Å². The first-order valence-corrected chi connectivity index (χ1v) is 9.46. The number of para-hydroxylation sites is 2. The molecule has 0 spiro atoms. The van der Waals surface area contributed by atoms with E-state index in [1.54, 1.807) is 0 Å². The molecule has 2 fully saturated rings. The third-order valence-corrected chi connectivity index (χ3v) is 5.47. The molecule has 3 heterocycles. The Labute approximate surface area is 157 Å². The first-order chi connectivity index (χ1) is 13.2. The summed E-state index contributed by atoms with van der Waals surface area (Å²) in [4.78, 5) is 31.5. The van der Waals surface area contributed by atoms with Gasteiger partial charge in [-0.1, -0.05) is 12.1 Å². The maximum atomic E-state index is 12.6. The standard InChI is InChI=1S/C20H22N6O/c1-12-9-21-20(22-10-12)26-7-6-13(11-26)23-19(27)15-8-14(15)18-24-16-4-2-3-5-17(16)25-18/h2-5,9-10,13-15H,6-8,11H2,1H3,(H,23,27)(H,24,25)/t13-,14+,15+/m1/s1. The monoisotopic (exact) mass is 362 g/mol. The van der Waals surface area contributed by atoms with Crippen LogP contribution in [-0.4, -0.2) is 45.0 Å². The van der Waals surface area contributed by atoms with Crippen molar-refractivity contribution < 1.29 is 4.79 Å². The Balaban J connectivity index is 1.19. The zero-order valence-electron chi connectivity index (χ0n) is 15.2. The van der Waals surface area contributed by atoms with Gasteiger partial charge in [-0.2, -0.15) is 0 Å². The molecule has 3 aromatic rings. The number of fused-ring (bicyclic) bond motifs is 1. The molecule has 1 aliphatic heterocycles. The molecule has 27 heavy (non-hydrogen) atoms. The lowest BCUT2D eigenvalue weighted by atomic mass is 10.2. The first kappa shape index (κ1) is 16.2. The van der Waals surface area contributed by atoms with E-state index in [2.05, 4.69) is 30.2 Å².